The zero-order valence-corrected chi connectivity index (χ0v) is 18.2. The van der Waals surface area contributed by atoms with E-state index in [9.17, 15) is 14.9 Å². The summed E-state index contributed by atoms with van der Waals surface area (Å²) in [4.78, 5) is 32.8. The lowest BCUT2D eigenvalue weighted by Gasteiger charge is -2.07. The summed E-state index contributed by atoms with van der Waals surface area (Å²) in [5.41, 5.74) is 8.91. The first-order valence-corrected chi connectivity index (χ1v) is 10.5. The summed E-state index contributed by atoms with van der Waals surface area (Å²) < 4.78 is 1.34. The van der Waals surface area contributed by atoms with Crippen molar-refractivity contribution in [1.29, 1.82) is 0 Å². The van der Waals surface area contributed by atoms with Crippen LogP contribution in [0.25, 0.3) is 22.2 Å². The summed E-state index contributed by atoms with van der Waals surface area (Å²) in [6, 6.07) is 13.3. The summed E-state index contributed by atoms with van der Waals surface area (Å²) in [5.74, 6) is 0.170. The minimum Gasteiger partial charge on any atom is -0.383 e. The van der Waals surface area contributed by atoms with E-state index in [0.29, 0.717) is 40.2 Å². The number of hydrogen-bond donors (Lipinski definition) is 2. The van der Waals surface area contributed by atoms with Crippen LogP contribution in [0.3, 0.4) is 0 Å². The number of carbonyl (C=O) groups excluding carboxylic acids is 1. The van der Waals surface area contributed by atoms with Gasteiger partial charge in [-0.3, -0.25) is 14.9 Å². The minimum atomic E-state index is -0.478. The monoisotopic (exact) mass is 445 g/mol. The number of anilines is 1. The molecule has 1 amide bonds. The molecule has 0 aliphatic carbocycles. The highest BCUT2D eigenvalue weighted by Crippen LogP contribution is 2.28. The van der Waals surface area contributed by atoms with Crippen LogP contribution >= 0.6 is 0 Å². The largest absolute Gasteiger partial charge is 0.383 e. The zero-order chi connectivity index (χ0) is 23.5. The number of nitro groups is 1. The molecule has 0 aliphatic rings. The third-order valence-corrected chi connectivity index (χ3v) is 5.11. The number of rotatable bonds is 7. The lowest BCUT2D eigenvalue weighted by Crippen LogP contribution is -2.26. The van der Waals surface area contributed by atoms with Gasteiger partial charge in [-0.15, -0.1) is 0 Å². The van der Waals surface area contributed by atoms with Gasteiger partial charge in [0.1, 0.15) is 16.9 Å². The quantitative estimate of drug-likeness (QED) is 0.252. The van der Waals surface area contributed by atoms with Crippen LogP contribution in [0.1, 0.15) is 36.2 Å². The number of nitrogens with two attached hydrogens (primary N) is 1. The van der Waals surface area contributed by atoms with Crippen LogP contribution in [-0.4, -0.2) is 38.2 Å². The topological polar surface area (TPSA) is 141 Å². The number of nitrogen functional groups attached to an aromatic ring is 1. The molecule has 2 heterocycles. The normalized spacial score (nSPS) is 11.6. The van der Waals surface area contributed by atoms with E-state index in [4.69, 9.17) is 5.73 Å². The highest BCUT2D eigenvalue weighted by Gasteiger charge is 2.24. The molecular weight excluding hydrogens is 422 g/mol. The van der Waals surface area contributed by atoms with Crippen molar-refractivity contribution < 1.29 is 9.72 Å². The fourth-order valence-corrected chi connectivity index (χ4v) is 3.39. The molecule has 0 unspecified atom stereocenters. The first-order valence-electron chi connectivity index (χ1n) is 10.5. The second-order valence-electron chi connectivity index (χ2n) is 7.99. The lowest BCUT2D eigenvalue weighted by atomic mass is 10.1. The van der Waals surface area contributed by atoms with Gasteiger partial charge in [0.15, 0.2) is 5.65 Å². The Morgan fingerprint density at radius 2 is 1.94 bits per heavy atom. The first-order chi connectivity index (χ1) is 15.8. The van der Waals surface area contributed by atoms with Gasteiger partial charge < -0.3 is 11.1 Å². The van der Waals surface area contributed by atoms with Gasteiger partial charge in [-0.1, -0.05) is 38.1 Å². The molecule has 4 aromatic rings. The molecular formula is C23H23N7O3. The number of carbonyl (C=O) groups is 1. The molecule has 4 rings (SSSR count). The van der Waals surface area contributed by atoms with Crippen molar-refractivity contribution in [3.63, 3.8) is 0 Å². The number of nitrogens with one attached hydrogen (secondary N) is 1. The Morgan fingerprint density at radius 3 is 2.64 bits per heavy atom. The third kappa shape index (κ3) is 4.49. The van der Waals surface area contributed by atoms with E-state index >= 15 is 0 Å². The summed E-state index contributed by atoms with van der Waals surface area (Å²) in [7, 11) is 0. The van der Waals surface area contributed by atoms with Crippen LogP contribution in [0.5, 0.6) is 0 Å². The molecule has 168 valence electrons. The van der Waals surface area contributed by atoms with Crippen molar-refractivity contribution in [3.8, 4) is 0 Å². The molecule has 0 saturated carbocycles. The molecule has 33 heavy (non-hydrogen) atoms. The van der Waals surface area contributed by atoms with E-state index in [1.165, 1.54) is 23.0 Å². The average Bonchev–Trinajstić information content (AvgIpc) is 3.06. The molecule has 0 fully saturated rings. The molecule has 0 atom stereocenters. The van der Waals surface area contributed by atoms with Gasteiger partial charge in [0.05, 0.1) is 22.2 Å². The lowest BCUT2D eigenvalue weighted by molar-refractivity contribution is -0.384. The molecule has 0 bridgehead atoms. The fourth-order valence-electron chi connectivity index (χ4n) is 3.39. The van der Waals surface area contributed by atoms with Crippen LogP contribution < -0.4 is 11.1 Å². The van der Waals surface area contributed by atoms with Crippen LogP contribution in [0.4, 0.5) is 11.5 Å². The Bertz CT molecular complexity index is 1390. The molecule has 3 N–H and O–H groups in total. The van der Waals surface area contributed by atoms with E-state index in [1.54, 1.807) is 12.1 Å². The second-order valence-corrected chi connectivity index (χ2v) is 7.99. The van der Waals surface area contributed by atoms with Gasteiger partial charge in [-0.25, -0.2) is 9.97 Å². The Hall–Kier alpha value is -4.34. The maximum Gasteiger partial charge on any atom is 0.270 e. The van der Waals surface area contributed by atoms with E-state index in [0.717, 1.165) is 6.42 Å². The Morgan fingerprint density at radius 1 is 1.21 bits per heavy atom. The molecule has 0 spiro atoms. The zero-order valence-electron chi connectivity index (χ0n) is 18.2. The number of nitrogens with zero attached hydrogens (tertiary/aromatic N) is 5. The Labute approximate surface area is 189 Å². The van der Waals surface area contributed by atoms with Gasteiger partial charge in [-0.2, -0.15) is 9.78 Å². The van der Waals surface area contributed by atoms with Gasteiger partial charge >= 0.3 is 0 Å². The molecule has 0 aliphatic heterocycles. The van der Waals surface area contributed by atoms with E-state index < -0.39 is 4.92 Å². The fraction of sp³-hybridized carbons (Fsp3) is 0.217. The van der Waals surface area contributed by atoms with Crippen LogP contribution in [-0.2, 0) is 0 Å². The van der Waals surface area contributed by atoms with Crippen molar-refractivity contribution in [2.45, 2.75) is 20.3 Å². The SMILES string of the molecule is CC(C)CCNC(=O)c1c(N)n(/N=C\c2cccc([N+](=O)[O-])c2)c2nc3ccccc3nc12. The van der Waals surface area contributed by atoms with Crippen molar-refractivity contribution in [2.75, 3.05) is 12.3 Å². The van der Waals surface area contributed by atoms with Gasteiger partial charge in [0.2, 0.25) is 0 Å². The summed E-state index contributed by atoms with van der Waals surface area (Å²) in [5, 5.41) is 18.3. The number of fused-ring (bicyclic) bond motifs is 2. The third-order valence-electron chi connectivity index (χ3n) is 5.11. The number of hydrogen-bond acceptors (Lipinski definition) is 7. The average molecular weight is 445 g/mol. The predicted molar refractivity (Wildman–Crippen MR) is 127 cm³/mol. The molecule has 10 nitrogen and oxygen atoms in total. The first kappa shape index (κ1) is 21.9. The van der Waals surface area contributed by atoms with E-state index in [-0.39, 0.29) is 23.0 Å². The minimum absolute atomic E-state index is 0.0553. The molecule has 0 saturated heterocycles. The molecule has 10 heteroatoms. The standard InChI is InChI=1S/C23H23N7O3/c1-14(2)10-11-25-23(31)19-20-22(28-18-9-4-3-8-17(18)27-20)29(21(19)24)26-13-15-6-5-7-16(12-15)30(32)33/h3-9,12-14H,10-11,24H2,1-2H3,(H,25,31)/b26-13-. The van der Waals surface area contributed by atoms with Gasteiger partial charge in [0, 0.05) is 24.2 Å². The van der Waals surface area contributed by atoms with Crippen LogP contribution in [0.15, 0.2) is 53.6 Å². The number of benzene rings is 2. The summed E-state index contributed by atoms with van der Waals surface area (Å²) >= 11 is 0. The predicted octanol–water partition coefficient (Wildman–Crippen LogP) is 3.73. The number of aromatic nitrogens is 3. The van der Waals surface area contributed by atoms with Crippen molar-refractivity contribution >= 4 is 45.8 Å². The van der Waals surface area contributed by atoms with Crippen molar-refractivity contribution in [3.05, 3.63) is 69.8 Å². The second kappa shape index (κ2) is 9.03. The number of para-hydroxylation sites is 2. The van der Waals surface area contributed by atoms with Crippen molar-refractivity contribution in [2.24, 2.45) is 11.0 Å². The Kier molecular flexibility index (Phi) is 5.99. The number of non-ortho nitro benzene ring substituents is 1. The van der Waals surface area contributed by atoms with E-state index in [2.05, 4.69) is 34.2 Å². The number of amides is 1. The summed E-state index contributed by atoms with van der Waals surface area (Å²) in [6.45, 7) is 4.65. The van der Waals surface area contributed by atoms with Crippen molar-refractivity contribution in [1.82, 2.24) is 20.0 Å². The highest BCUT2D eigenvalue weighted by atomic mass is 16.6. The highest BCUT2D eigenvalue weighted by molar-refractivity contribution is 6.10. The van der Waals surface area contributed by atoms with Crippen LogP contribution in [0, 0.1) is 16.0 Å². The summed E-state index contributed by atoms with van der Waals surface area (Å²) in [6.07, 6.45) is 2.25. The molecule has 2 aromatic carbocycles. The maximum atomic E-state index is 13.0. The number of nitro benzene ring substituents is 1. The maximum absolute atomic E-state index is 13.0. The van der Waals surface area contributed by atoms with Gasteiger partial charge in [-0.05, 0) is 24.5 Å². The Balaban J connectivity index is 1.82. The smallest absolute Gasteiger partial charge is 0.270 e. The molecule has 0 radical (unpaired) electrons. The van der Waals surface area contributed by atoms with E-state index in [1.807, 2.05) is 24.3 Å². The molecule has 2 aromatic heterocycles. The van der Waals surface area contributed by atoms with Crippen LogP contribution in [0.2, 0.25) is 0 Å². The van der Waals surface area contributed by atoms with Gasteiger partial charge in [0.25, 0.3) is 11.6 Å².